The number of anilines is 1. The van der Waals surface area contributed by atoms with Gasteiger partial charge in [0.1, 0.15) is 11.5 Å². The molecule has 39 heavy (non-hydrogen) atoms. The number of benzene rings is 2. The summed E-state index contributed by atoms with van der Waals surface area (Å²) in [4.78, 5) is 17.6. The van der Waals surface area contributed by atoms with E-state index in [0.717, 1.165) is 17.2 Å². The molecule has 210 valence electrons. The smallest absolute Gasteiger partial charge is 0.425 e. The summed E-state index contributed by atoms with van der Waals surface area (Å²) in [6, 6.07) is 12.8. The van der Waals surface area contributed by atoms with E-state index in [1.165, 1.54) is 25.2 Å². The Morgan fingerprint density at radius 1 is 1.13 bits per heavy atom. The largest absolute Gasteiger partial charge is 0.573 e. The third-order valence-electron chi connectivity index (χ3n) is 6.23. The van der Waals surface area contributed by atoms with Crippen LogP contribution in [0.5, 0.6) is 17.5 Å². The normalized spacial score (nSPS) is 14.7. The van der Waals surface area contributed by atoms with E-state index in [1.807, 2.05) is 38.1 Å². The van der Waals surface area contributed by atoms with Gasteiger partial charge in [-0.3, -0.25) is 9.36 Å². The molecule has 2 heterocycles. The molecule has 0 unspecified atom stereocenters. The van der Waals surface area contributed by atoms with Crippen molar-refractivity contribution in [1.29, 1.82) is 0 Å². The maximum absolute atomic E-state index is 13.1. The Hall–Kier alpha value is -3.77. The SMILES string of the molecule is CCC1(CCNc2nc(Oc3cccc(OC(F)(F)F)c3)n(Cc3ccc(C)cc3)c2C(=O)NC)OCCO1. The quantitative estimate of drug-likeness (QED) is 0.338. The summed E-state index contributed by atoms with van der Waals surface area (Å²) >= 11 is 0. The van der Waals surface area contributed by atoms with Crippen molar-refractivity contribution in [2.45, 2.75) is 45.4 Å². The van der Waals surface area contributed by atoms with Crippen LogP contribution in [0.25, 0.3) is 0 Å². The highest BCUT2D eigenvalue weighted by Gasteiger charge is 2.35. The molecule has 2 aromatic carbocycles. The number of carbonyl (C=O) groups is 1. The molecule has 1 fully saturated rings. The lowest BCUT2D eigenvalue weighted by Gasteiger charge is -2.25. The monoisotopic (exact) mass is 548 g/mol. The Labute approximate surface area is 224 Å². The van der Waals surface area contributed by atoms with Gasteiger partial charge in [-0.15, -0.1) is 13.2 Å². The van der Waals surface area contributed by atoms with Gasteiger partial charge in [0, 0.05) is 26.1 Å². The van der Waals surface area contributed by atoms with E-state index < -0.39 is 23.8 Å². The van der Waals surface area contributed by atoms with Crippen LogP contribution in [-0.4, -0.2) is 54.4 Å². The first-order valence-electron chi connectivity index (χ1n) is 12.5. The van der Waals surface area contributed by atoms with Crippen molar-refractivity contribution in [2.75, 3.05) is 32.1 Å². The topological polar surface area (TPSA) is 95.9 Å². The second-order valence-electron chi connectivity index (χ2n) is 9.01. The number of hydrogen-bond acceptors (Lipinski definition) is 7. The summed E-state index contributed by atoms with van der Waals surface area (Å²) < 4.78 is 61.3. The van der Waals surface area contributed by atoms with Crippen LogP contribution in [0.15, 0.2) is 48.5 Å². The van der Waals surface area contributed by atoms with Gasteiger partial charge in [0.25, 0.3) is 5.91 Å². The Bertz CT molecular complexity index is 1270. The number of aromatic nitrogens is 2. The number of carbonyl (C=O) groups excluding carboxylic acids is 1. The number of imidazole rings is 1. The number of ether oxygens (including phenoxy) is 4. The first-order chi connectivity index (χ1) is 18.6. The number of amides is 1. The lowest BCUT2D eigenvalue weighted by Crippen LogP contribution is -2.32. The van der Waals surface area contributed by atoms with Crippen molar-refractivity contribution in [3.63, 3.8) is 0 Å². The van der Waals surface area contributed by atoms with E-state index >= 15 is 0 Å². The molecule has 1 saturated heterocycles. The molecular weight excluding hydrogens is 517 g/mol. The van der Waals surface area contributed by atoms with Crippen molar-refractivity contribution in [2.24, 2.45) is 0 Å². The van der Waals surface area contributed by atoms with Crippen molar-refractivity contribution in [3.05, 3.63) is 65.4 Å². The molecule has 2 N–H and O–H groups in total. The third kappa shape index (κ3) is 7.21. The molecule has 1 amide bonds. The maximum atomic E-state index is 13.1. The molecule has 0 radical (unpaired) electrons. The Morgan fingerprint density at radius 2 is 1.82 bits per heavy atom. The van der Waals surface area contributed by atoms with Gasteiger partial charge in [0.15, 0.2) is 17.3 Å². The molecule has 0 saturated carbocycles. The van der Waals surface area contributed by atoms with Crippen LogP contribution in [-0.2, 0) is 16.0 Å². The lowest BCUT2D eigenvalue weighted by molar-refractivity contribution is -0.274. The fourth-order valence-electron chi connectivity index (χ4n) is 4.24. The molecule has 12 heteroatoms. The summed E-state index contributed by atoms with van der Waals surface area (Å²) in [5, 5.41) is 5.82. The summed E-state index contributed by atoms with van der Waals surface area (Å²) in [6.45, 7) is 5.56. The molecule has 9 nitrogen and oxygen atoms in total. The van der Waals surface area contributed by atoms with E-state index in [9.17, 15) is 18.0 Å². The van der Waals surface area contributed by atoms with E-state index in [-0.39, 0.29) is 29.8 Å². The Kier molecular flexibility index (Phi) is 8.66. The number of hydrogen-bond donors (Lipinski definition) is 2. The number of nitrogens with one attached hydrogen (secondary N) is 2. The minimum absolute atomic E-state index is 0.0133. The molecule has 0 spiro atoms. The van der Waals surface area contributed by atoms with E-state index in [1.54, 1.807) is 4.57 Å². The molecule has 1 aromatic heterocycles. The van der Waals surface area contributed by atoms with Crippen LogP contribution in [0.4, 0.5) is 19.0 Å². The van der Waals surface area contributed by atoms with Gasteiger partial charge in [0.2, 0.25) is 0 Å². The molecule has 0 aliphatic carbocycles. The van der Waals surface area contributed by atoms with E-state index in [4.69, 9.17) is 14.2 Å². The highest BCUT2D eigenvalue weighted by atomic mass is 19.4. The second kappa shape index (κ2) is 12.0. The highest BCUT2D eigenvalue weighted by Crippen LogP contribution is 2.32. The molecule has 0 bridgehead atoms. The number of aryl methyl sites for hydroxylation is 1. The van der Waals surface area contributed by atoms with Crippen molar-refractivity contribution in [1.82, 2.24) is 14.9 Å². The van der Waals surface area contributed by atoms with Gasteiger partial charge in [-0.25, -0.2) is 0 Å². The average molecular weight is 549 g/mol. The lowest BCUT2D eigenvalue weighted by atomic mass is 10.1. The van der Waals surface area contributed by atoms with Crippen LogP contribution in [0.1, 0.15) is 41.4 Å². The zero-order chi connectivity index (χ0) is 28.0. The van der Waals surface area contributed by atoms with Crippen LogP contribution in [0.2, 0.25) is 0 Å². The number of halogens is 3. The standard InChI is InChI=1S/C27H31F3N4O5/c1-4-26(36-14-15-37-26)12-13-32-23-22(24(35)31-3)34(17-19-10-8-18(2)9-11-19)25(33-23)38-20-6-5-7-21(16-20)39-27(28,29)30/h5-11,16,32H,4,12-15,17H2,1-3H3,(H,31,35). The van der Waals surface area contributed by atoms with Gasteiger partial charge >= 0.3 is 12.4 Å². The number of rotatable bonds is 11. The maximum Gasteiger partial charge on any atom is 0.573 e. The number of nitrogens with zero attached hydrogens (tertiary/aromatic N) is 2. The van der Waals surface area contributed by atoms with Crippen molar-refractivity contribution < 1.29 is 36.9 Å². The third-order valence-corrected chi connectivity index (χ3v) is 6.23. The zero-order valence-electron chi connectivity index (χ0n) is 21.9. The Balaban J connectivity index is 1.68. The van der Waals surface area contributed by atoms with Crippen LogP contribution < -0.4 is 20.1 Å². The minimum Gasteiger partial charge on any atom is -0.425 e. The van der Waals surface area contributed by atoms with Crippen LogP contribution in [0.3, 0.4) is 0 Å². The molecule has 1 aliphatic heterocycles. The molecule has 1 aliphatic rings. The Morgan fingerprint density at radius 3 is 2.46 bits per heavy atom. The summed E-state index contributed by atoms with van der Waals surface area (Å²) in [7, 11) is 1.50. The zero-order valence-corrected chi connectivity index (χ0v) is 21.9. The van der Waals surface area contributed by atoms with Crippen molar-refractivity contribution in [3.8, 4) is 17.5 Å². The fourth-order valence-corrected chi connectivity index (χ4v) is 4.24. The minimum atomic E-state index is -4.85. The second-order valence-corrected chi connectivity index (χ2v) is 9.01. The van der Waals surface area contributed by atoms with Crippen molar-refractivity contribution >= 4 is 11.7 Å². The first-order valence-corrected chi connectivity index (χ1v) is 12.5. The molecule has 4 rings (SSSR count). The summed E-state index contributed by atoms with van der Waals surface area (Å²) in [6.07, 6.45) is -3.69. The molecule has 3 aromatic rings. The van der Waals surface area contributed by atoms with Gasteiger partial charge in [-0.05, 0) is 31.0 Å². The van der Waals surface area contributed by atoms with E-state index in [0.29, 0.717) is 32.6 Å². The summed E-state index contributed by atoms with van der Waals surface area (Å²) in [5.74, 6) is -1.26. The van der Waals surface area contributed by atoms with Gasteiger partial charge < -0.3 is 29.6 Å². The predicted octanol–water partition coefficient (Wildman–Crippen LogP) is 5.25. The predicted molar refractivity (Wildman–Crippen MR) is 137 cm³/mol. The van der Waals surface area contributed by atoms with Crippen LogP contribution in [0, 0.1) is 6.92 Å². The highest BCUT2D eigenvalue weighted by molar-refractivity contribution is 5.97. The molecule has 0 atom stereocenters. The number of alkyl halides is 3. The van der Waals surface area contributed by atoms with Gasteiger partial charge in [-0.1, -0.05) is 42.8 Å². The van der Waals surface area contributed by atoms with Crippen LogP contribution >= 0.6 is 0 Å². The molecular formula is C27H31F3N4O5. The van der Waals surface area contributed by atoms with Gasteiger partial charge in [0.05, 0.1) is 19.8 Å². The van der Waals surface area contributed by atoms with Gasteiger partial charge in [-0.2, -0.15) is 4.98 Å². The first kappa shape index (κ1) is 28.2. The average Bonchev–Trinajstić information content (AvgIpc) is 3.49. The fraction of sp³-hybridized carbons (Fsp3) is 0.407. The van der Waals surface area contributed by atoms with E-state index in [2.05, 4.69) is 20.4 Å². The summed E-state index contributed by atoms with van der Waals surface area (Å²) in [5.41, 5.74) is 2.14.